The van der Waals surface area contributed by atoms with Crippen LogP contribution in [0.1, 0.15) is 19.3 Å². The molecule has 142 valence electrons. The van der Waals surface area contributed by atoms with Crippen molar-refractivity contribution < 1.29 is 14.3 Å². The van der Waals surface area contributed by atoms with Gasteiger partial charge in [-0.15, -0.1) is 0 Å². The maximum absolute atomic E-state index is 12.7. The number of para-hydroxylation sites is 3. The molecule has 1 amide bonds. The fourth-order valence-corrected chi connectivity index (χ4v) is 3.94. The van der Waals surface area contributed by atoms with Crippen molar-refractivity contribution in [3.05, 3.63) is 54.6 Å². The number of amides is 1. The van der Waals surface area contributed by atoms with Gasteiger partial charge in [-0.2, -0.15) is 0 Å². The molecule has 0 unspecified atom stereocenters. The van der Waals surface area contributed by atoms with Crippen LogP contribution in [0.4, 0.5) is 5.69 Å². The molecule has 2 N–H and O–H groups in total. The maximum atomic E-state index is 12.7. The summed E-state index contributed by atoms with van der Waals surface area (Å²) in [6, 6.07) is 17.3. The second kappa shape index (κ2) is 8.01. The molecule has 1 aliphatic heterocycles. The highest BCUT2D eigenvalue weighted by molar-refractivity contribution is 5.96. The molecular formula is C22H26N2O3. The van der Waals surface area contributed by atoms with E-state index in [1.165, 1.54) is 0 Å². The van der Waals surface area contributed by atoms with E-state index in [9.17, 15) is 4.79 Å². The lowest BCUT2D eigenvalue weighted by molar-refractivity contribution is -0.118. The third kappa shape index (κ3) is 4.25. The second-order valence-electron chi connectivity index (χ2n) is 7.36. The van der Waals surface area contributed by atoms with E-state index < -0.39 is 0 Å². The average Bonchev–Trinajstić information content (AvgIpc) is 3.40. The van der Waals surface area contributed by atoms with Crippen LogP contribution in [-0.2, 0) is 4.79 Å². The largest absolute Gasteiger partial charge is 0.490 e. The number of piperidine rings is 1. The average molecular weight is 366 g/mol. The van der Waals surface area contributed by atoms with Crippen LogP contribution in [0.15, 0.2) is 54.6 Å². The fourth-order valence-electron chi connectivity index (χ4n) is 3.94. The van der Waals surface area contributed by atoms with Gasteiger partial charge in [-0.1, -0.05) is 30.3 Å². The summed E-state index contributed by atoms with van der Waals surface area (Å²) >= 11 is 0. The molecule has 4 rings (SSSR count). The van der Waals surface area contributed by atoms with Crippen molar-refractivity contribution in [2.75, 3.05) is 31.6 Å². The van der Waals surface area contributed by atoms with Gasteiger partial charge in [0.15, 0.2) is 0 Å². The van der Waals surface area contributed by atoms with Gasteiger partial charge in [-0.05, 0) is 62.0 Å². The molecule has 2 fully saturated rings. The molecular weight excluding hydrogens is 340 g/mol. The highest BCUT2D eigenvalue weighted by Gasteiger charge is 2.57. The topological polar surface area (TPSA) is 59.6 Å². The molecule has 2 aliphatic rings. The van der Waals surface area contributed by atoms with Crippen molar-refractivity contribution in [1.82, 2.24) is 5.32 Å². The summed E-state index contributed by atoms with van der Waals surface area (Å²) in [7, 11) is 0. The minimum Gasteiger partial charge on any atom is -0.490 e. The molecule has 1 saturated carbocycles. The second-order valence-corrected chi connectivity index (χ2v) is 7.36. The van der Waals surface area contributed by atoms with E-state index in [0.717, 1.165) is 43.8 Å². The zero-order chi connectivity index (χ0) is 18.5. The number of benzene rings is 2. The van der Waals surface area contributed by atoms with Gasteiger partial charge in [0.1, 0.15) is 24.7 Å². The Morgan fingerprint density at radius 2 is 1.70 bits per heavy atom. The standard InChI is InChI=1S/C22H26N2O3/c25-21(18-16-22(18)10-12-23-13-11-22)24-19-8-4-5-9-20(19)27-15-14-26-17-6-2-1-3-7-17/h1-9,18,23H,10-16H2,(H,24,25)/t18-/m0/s1. The van der Waals surface area contributed by atoms with Crippen molar-refractivity contribution in [3.8, 4) is 11.5 Å². The van der Waals surface area contributed by atoms with Crippen LogP contribution in [0, 0.1) is 11.3 Å². The van der Waals surface area contributed by atoms with Crippen molar-refractivity contribution >= 4 is 11.6 Å². The summed E-state index contributed by atoms with van der Waals surface area (Å²) in [4.78, 5) is 12.7. The van der Waals surface area contributed by atoms with Gasteiger partial charge in [0, 0.05) is 5.92 Å². The first-order valence-electron chi connectivity index (χ1n) is 9.68. The first-order chi connectivity index (χ1) is 13.3. The van der Waals surface area contributed by atoms with E-state index in [1.807, 2.05) is 54.6 Å². The van der Waals surface area contributed by atoms with E-state index >= 15 is 0 Å². The third-order valence-corrected chi connectivity index (χ3v) is 5.60. The van der Waals surface area contributed by atoms with Crippen molar-refractivity contribution in [2.24, 2.45) is 11.3 Å². The molecule has 1 aliphatic carbocycles. The Morgan fingerprint density at radius 3 is 2.52 bits per heavy atom. The van der Waals surface area contributed by atoms with Crippen LogP contribution in [0.3, 0.4) is 0 Å². The molecule has 5 nitrogen and oxygen atoms in total. The van der Waals surface area contributed by atoms with Gasteiger partial charge in [-0.3, -0.25) is 4.79 Å². The lowest BCUT2D eigenvalue weighted by Crippen LogP contribution is -2.31. The third-order valence-electron chi connectivity index (χ3n) is 5.60. The number of anilines is 1. The zero-order valence-electron chi connectivity index (χ0n) is 15.4. The summed E-state index contributed by atoms with van der Waals surface area (Å²) in [6.07, 6.45) is 3.20. The lowest BCUT2D eigenvalue weighted by atomic mass is 9.92. The van der Waals surface area contributed by atoms with E-state index in [4.69, 9.17) is 9.47 Å². The van der Waals surface area contributed by atoms with Gasteiger partial charge in [0.2, 0.25) is 5.91 Å². The minimum atomic E-state index is 0.119. The molecule has 1 spiro atoms. The van der Waals surface area contributed by atoms with Crippen LogP contribution in [-0.4, -0.2) is 32.2 Å². The molecule has 1 saturated heterocycles. The summed E-state index contributed by atoms with van der Waals surface area (Å²) in [5.74, 6) is 1.76. The highest BCUT2D eigenvalue weighted by Crippen LogP contribution is 2.58. The van der Waals surface area contributed by atoms with Crippen LogP contribution >= 0.6 is 0 Å². The molecule has 0 radical (unpaired) electrons. The molecule has 2 aromatic carbocycles. The van der Waals surface area contributed by atoms with Gasteiger partial charge < -0.3 is 20.1 Å². The van der Waals surface area contributed by atoms with Gasteiger partial charge >= 0.3 is 0 Å². The summed E-state index contributed by atoms with van der Waals surface area (Å²) in [5, 5.41) is 6.45. The Balaban J connectivity index is 1.29. The predicted molar refractivity (Wildman–Crippen MR) is 105 cm³/mol. The normalized spacial score (nSPS) is 20.1. The smallest absolute Gasteiger partial charge is 0.228 e. The molecule has 0 aromatic heterocycles. The number of ether oxygens (including phenoxy) is 2. The molecule has 2 aromatic rings. The van der Waals surface area contributed by atoms with Gasteiger partial charge in [0.05, 0.1) is 5.69 Å². The van der Waals surface area contributed by atoms with Gasteiger partial charge in [-0.25, -0.2) is 0 Å². The number of rotatable bonds is 7. The minimum absolute atomic E-state index is 0.119. The zero-order valence-corrected chi connectivity index (χ0v) is 15.4. The van der Waals surface area contributed by atoms with E-state index in [1.54, 1.807) is 0 Å². The van der Waals surface area contributed by atoms with Crippen LogP contribution in [0.25, 0.3) is 0 Å². The number of hydrogen-bond donors (Lipinski definition) is 2. The predicted octanol–water partition coefficient (Wildman–Crippen LogP) is 3.47. The summed E-state index contributed by atoms with van der Waals surface area (Å²) in [5.41, 5.74) is 0.965. The summed E-state index contributed by atoms with van der Waals surface area (Å²) < 4.78 is 11.5. The van der Waals surface area contributed by atoms with Crippen LogP contribution in [0.5, 0.6) is 11.5 Å². The maximum Gasteiger partial charge on any atom is 0.228 e. The number of carbonyl (C=O) groups is 1. The van der Waals surface area contributed by atoms with E-state index in [-0.39, 0.29) is 17.2 Å². The SMILES string of the molecule is O=C(Nc1ccccc1OCCOc1ccccc1)[C@@H]1CC12CCNCC2. The number of nitrogens with one attached hydrogen (secondary N) is 2. The lowest BCUT2D eigenvalue weighted by Gasteiger charge is -2.23. The fraction of sp³-hybridized carbons (Fsp3) is 0.409. The first-order valence-corrected chi connectivity index (χ1v) is 9.68. The van der Waals surface area contributed by atoms with Crippen LogP contribution < -0.4 is 20.1 Å². The Labute approximate surface area is 160 Å². The molecule has 1 heterocycles. The monoisotopic (exact) mass is 366 g/mol. The quantitative estimate of drug-likeness (QED) is 0.737. The van der Waals surface area contributed by atoms with E-state index in [0.29, 0.717) is 19.0 Å². The first kappa shape index (κ1) is 17.9. The Bertz CT molecular complexity index is 772. The van der Waals surface area contributed by atoms with Crippen molar-refractivity contribution in [1.29, 1.82) is 0 Å². The Hall–Kier alpha value is -2.53. The Morgan fingerprint density at radius 1 is 1.00 bits per heavy atom. The molecule has 0 bridgehead atoms. The number of carbonyl (C=O) groups excluding carboxylic acids is 1. The summed E-state index contributed by atoms with van der Waals surface area (Å²) in [6.45, 7) is 2.90. The highest BCUT2D eigenvalue weighted by atomic mass is 16.5. The van der Waals surface area contributed by atoms with Crippen molar-refractivity contribution in [2.45, 2.75) is 19.3 Å². The Kier molecular flexibility index (Phi) is 5.30. The molecule has 27 heavy (non-hydrogen) atoms. The van der Waals surface area contributed by atoms with Crippen LogP contribution in [0.2, 0.25) is 0 Å². The van der Waals surface area contributed by atoms with E-state index in [2.05, 4.69) is 10.6 Å². The molecule has 1 atom stereocenters. The van der Waals surface area contributed by atoms with Gasteiger partial charge in [0.25, 0.3) is 0 Å². The van der Waals surface area contributed by atoms with Crippen molar-refractivity contribution in [3.63, 3.8) is 0 Å². The molecule has 5 heteroatoms. The number of hydrogen-bond acceptors (Lipinski definition) is 4.